The predicted octanol–water partition coefficient (Wildman–Crippen LogP) is 5.09. The molecule has 112 valence electrons. The van der Waals surface area contributed by atoms with Gasteiger partial charge in [-0.05, 0) is 42.3 Å². The molecule has 0 bridgehead atoms. The number of aryl methyl sites for hydroxylation is 1. The molecule has 0 aliphatic carbocycles. The number of carbonyl (C=O) groups is 1. The SMILES string of the molecule is Cc1c2ccc(C(F)(F)F)cc2nc2c(C(=O)Cl)cccc12. The smallest absolute Gasteiger partial charge is 0.276 e. The van der Waals surface area contributed by atoms with Gasteiger partial charge in [-0.1, -0.05) is 18.2 Å². The lowest BCUT2D eigenvalue weighted by Crippen LogP contribution is -2.05. The van der Waals surface area contributed by atoms with E-state index in [1.165, 1.54) is 12.1 Å². The fourth-order valence-electron chi connectivity index (χ4n) is 2.51. The van der Waals surface area contributed by atoms with E-state index in [-0.39, 0.29) is 11.1 Å². The third kappa shape index (κ3) is 2.31. The Balaban J connectivity index is 2.43. The number of fused-ring (bicyclic) bond motifs is 2. The summed E-state index contributed by atoms with van der Waals surface area (Å²) in [4.78, 5) is 15.7. The highest BCUT2D eigenvalue weighted by Crippen LogP contribution is 2.34. The van der Waals surface area contributed by atoms with Crippen molar-refractivity contribution < 1.29 is 18.0 Å². The average Bonchev–Trinajstić information content (AvgIpc) is 2.45. The molecule has 0 atom stereocenters. The van der Waals surface area contributed by atoms with E-state index in [4.69, 9.17) is 11.6 Å². The second kappa shape index (κ2) is 4.95. The van der Waals surface area contributed by atoms with E-state index in [9.17, 15) is 18.0 Å². The van der Waals surface area contributed by atoms with Gasteiger partial charge in [-0.3, -0.25) is 4.79 Å². The Morgan fingerprint density at radius 2 is 1.86 bits per heavy atom. The molecule has 0 radical (unpaired) electrons. The zero-order valence-corrected chi connectivity index (χ0v) is 12.1. The summed E-state index contributed by atoms with van der Waals surface area (Å²) in [6.07, 6.45) is -4.44. The Morgan fingerprint density at radius 3 is 2.50 bits per heavy atom. The molecule has 3 aromatic rings. The number of benzene rings is 2. The summed E-state index contributed by atoms with van der Waals surface area (Å²) in [6, 6.07) is 8.34. The fourth-order valence-corrected chi connectivity index (χ4v) is 2.66. The van der Waals surface area contributed by atoms with Gasteiger partial charge in [-0.15, -0.1) is 0 Å². The van der Waals surface area contributed by atoms with Gasteiger partial charge in [0.05, 0.1) is 22.2 Å². The number of pyridine rings is 1. The summed E-state index contributed by atoms with van der Waals surface area (Å²) < 4.78 is 38.5. The second-order valence-corrected chi connectivity index (χ2v) is 5.29. The molecule has 0 N–H and O–H groups in total. The lowest BCUT2D eigenvalue weighted by Gasteiger charge is -2.11. The number of halogens is 4. The van der Waals surface area contributed by atoms with Gasteiger partial charge < -0.3 is 0 Å². The lowest BCUT2D eigenvalue weighted by atomic mass is 10.0. The molecule has 1 heterocycles. The minimum absolute atomic E-state index is 0.182. The largest absolute Gasteiger partial charge is 0.416 e. The molecule has 0 fully saturated rings. The van der Waals surface area contributed by atoms with Gasteiger partial charge in [0, 0.05) is 10.8 Å². The van der Waals surface area contributed by atoms with Crippen molar-refractivity contribution in [1.29, 1.82) is 0 Å². The van der Waals surface area contributed by atoms with E-state index in [1.807, 2.05) is 0 Å². The van der Waals surface area contributed by atoms with Crippen molar-refractivity contribution in [1.82, 2.24) is 4.98 Å². The minimum Gasteiger partial charge on any atom is -0.276 e. The van der Waals surface area contributed by atoms with Gasteiger partial charge in [0.15, 0.2) is 0 Å². The molecule has 3 rings (SSSR count). The number of carbonyl (C=O) groups excluding carboxylic acids is 1. The van der Waals surface area contributed by atoms with Crippen molar-refractivity contribution in [2.24, 2.45) is 0 Å². The molecular formula is C16H9ClF3NO. The first-order valence-electron chi connectivity index (χ1n) is 6.39. The van der Waals surface area contributed by atoms with Crippen molar-refractivity contribution in [3.63, 3.8) is 0 Å². The zero-order valence-electron chi connectivity index (χ0n) is 11.3. The van der Waals surface area contributed by atoms with Crippen molar-refractivity contribution in [2.45, 2.75) is 13.1 Å². The van der Waals surface area contributed by atoms with E-state index < -0.39 is 17.0 Å². The Labute approximate surface area is 128 Å². The van der Waals surface area contributed by atoms with Crippen molar-refractivity contribution in [3.8, 4) is 0 Å². The summed E-state index contributed by atoms with van der Waals surface area (Å²) >= 11 is 5.53. The quantitative estimate of drug-likeness (QED) is 0.461. The van der Waals surface area contributed by atoms with E-state index in [0.717, 1.165) is 17.7 Å². The third-order valence-corrected chi connectivity index (χ3v) is 3.82. The number of hydrogen-bond acceptors (Lipinski definition) is 2. The van der Waals surface area contributed by atoms with Crippen molar-refractivity contribution in [3.05, 3.63) is 53.1 Å². The summed E-state index contributed by atoms with van der Waals surface area (Å²) in [5.74, 6) is 0. The number of nitrogens with zero attached hydrogens (tertiary/aromatic N) is 1. The van der Waals surface area contributed by atoms with Gasteiger partial charge in [0.1, 0.15) is 0 Å². The maximum absolute atomic E-state index is 12.8. The molecule has 1 aromatic heterocycles. The summed E-state index contributed by atoms with van der Waals surface area (Å²) in [5, 5.41) is 0.613. The molecule has 0 amide bonds. The van der Waals surface area contributed by atoms with E-state index in [2.05, 4.69) is 4.98 Å². The fraction of sp³-hybridized carbons (Fsp3) is 0.125. The van der Waals surface area contributed by atoms with Gasteiger partial charge in [0.25, 0.3) is 5.24 Å². The lowest BCUT2D eigenvalue weighted by molar-refractivity contribution is -0.137. The number of para-hydroxylation sites is 1. The van der Waals surface area contributed by atoms with E-state index in [1.54, 1.807) is 19.1 Å². The molecule has 2 nitrogen and oxygen atoms in total. The average molecular weight is 324 g/mol. The molecule has 0 aliphatic heterocycles. The normalized spacial score (nSPS) is 12.0. The Bertz CT molecular complexity index is 919. The van der Waals surface area contributed by atoms with Crippen LogP contribution in [-0.4, -0.2) is 10.2 Å². The van der Waals surface area contributed by atoms with E-state index in [0.29, 0.717) is 16.3 Å². The maximum atomic E-state index is 12.8. The van der Waals surface area contributed by atoms with Crippen LogP contribution in [0.1, 0.15) is 21.5 Å². The highest BCUT2D eigenvalue weighted by atomic mass is 35.5. The van der Waals surface area contributed by atoms with Crippen LogP contribution in [0, 0.1) is 6.92 Å². The highest BCUT2D eigenvalue weighted by molar-refractivity contribution is 6.68. The van der Waals surface area contributed by atoms with Crippen LogP contribution < -0.4 is 0 Å². The molecular weight excluding hydrogens is 315 g/mol. The summed E-state index contributed by atoms with van der Waals surface area (Å²) in [7, 11) is 0. The topological polar surface area (TPSA) is 30.0 Å². The standard InChI is InChI=1S/C16H9ClF3NO/c1-8-10-6-5-9(16(18,19)20)7-13(10)21-14-11(8)3-2-4-12(14)15(17)22/h2-7H,1H3. The van der Waals surface area contributed by atoms with Crippen LogP contribution in [0.4, 0.5) is 13.2 Å². The highest BCUT2D eigenvalue weighted by Gasteiger charge is 2.30. The van der Waals surface area contributed by atoms with Crippen LogP contribution in [0.2, 0.25) is 0 Å². The van der Waals surface area contributed by atoms with Crippen LogP contribution in [-0.2, 0) is 6.18 Å². The van der Waals surface area contributed by atoms with Crippen molar-refractivity contribution in [2.75, 3.05) is 0 Å². The second-order valence-electron chi connectivity index (χ2n) is 4.94. The summed E-state index contributed by atoms with van der Waals surface area (Å²) in [6.45, 7) is 1.78. The van der Waals surface area contributed by atoms with Gasteiger partial charge in [-0.25, -0.2) is 4.98 Å². The van der Waals surface area contributed by atoms with E-state index >= 15 is 0 Å². The predicted molar refractivity (Wildman–Crippen MR) is 79.2 cm³/mol. The minimum atomic E-state index is -4.44. The van der Waals surface area contributed by atoms with Crippen LogP contribution in [0.3, 0.4) is 0 Å². The number of aromatic nitrogens is 1. The Morgan fingerprint density at radius 1 is 1.14 bits per heavy atom. The molecule has 0 aliphatic rings. The first kappa shape index (κ1) is 14.8. The van der Waals surface area contributed by atoms with Crippen molar-refractivity contribution >= 4 is 38.6 Å². The van der Waals surface area contributed by atoms with Gasteiger partial charge >= 0.3 is 6.18 Å². The molecule has 0 unspecified atom stereocenters. The molecule has 0 saturated heterocycles. The zero-order chi connectivity index (χ0) is 16.1. The number of hydrogen-bond donors (Lipinski definition) is 0. The van der Waals surface area contributed by atoms with Gasteiger partial charge in [0.2, 0.25) is 0 Å². The molecule has 2 aromatic carbocycles. The van der Waals surface area contributed by atoms with Crippen LogP contribution in [0.25, 0.3) is 21.8 Å². The Kier molecular flexibility index (Phi) is 3.33. The monoisotopic (exact) mass is 323 g/mol. The number of alkyl halides is 3. The molecule has 6 heteroatoms. The first-order valence-corrected chi connectivity index (χ1v) is 6.77. The molecule has 0 spiro atoms. The Hall–Kier alpha value is -2.14. The van der Waals surface area contributed by atoms with Crippen LogP contribution in [0.15, 0.2) is 36.4 Å². The van der Waals surface area contributed by atoms with Crippen LogP contribution >= 0.6 is 11.6 Å². The first-order chi connectivity index (χ1) is 10.3. The molecule has 22 heavy (non-hydrogen) atoms. The van der Waals surface area contributed by atoms with Crippen LogP contribution in [0.5, 0.6) is 0 Å². The molecule has 0 saturated carbocycles. The maximum Gasteiger partial charge on any atom is 0.416 e. The number of rotatable bonds is 1. The summed E-state index contributed by atoms with van der Waals surface area (Å²) in [5.41, 5.74) is 0.660. The third-order valence-electron chi connectivity index (χ3n) is 3.61. The van der Waals surface area contributed by atoms with Gasteiger partial charge in [-0.2, -0.15) is 13.2 Å².